The number of para-hydroxylation sites is 1. The second-order valence-corrected chi connectivity index (χ2v) is 6.75. The number of hydrogen-bond acceptors (Lipinski definition) is 3. The van der Waals surface area contributed by atoms with Gasteiger partial charge in [0, 0.05) is 38.4 Å². The highest BCUT2D eigenvalue weighted by atomic mass is 16.4. The van der Waals surface area contributed by atoms with Crippen molar-refractivity contribution in [2.45, 2.75) is 12.5 Å². The van der Waals surface area contributed by atoms with Gasteiger partial charge in [-0.15, -0.1) is 0 Å². The van der Waals surface area contributed by atoms with E-state index in [1.165, 1.54) is 22.4 Å². The van der Waals surface area contributed by atoms with Crippen molar-refractivity contribution in [3.8, 4) is 0 Å². The average Bonchev–Trinajstić information content (AvgIpc) is 2.76. The van der Waals surface area contributed by atoms with Gasteiger partial charge >= 0.3 is 6.09 Å². The van der Waals surface area contributed by atoms with E-state index in [4.69, 9.17) is 5.11 Å². The molecular weight excluding hydrogens is 314 g/mol. The fourth-order valence-electron chi connectivity index (χ4n) is 4.08. The Balaban J connectivity index is 1.62. The van der Waals surface area contributed by atoms with E-state index >= 15 is 0 Å². The number of nitrogens with zero attached hydrogens (tertiary/aromatic N) is 2. The minimum atomic E-state index is -0.952. The van der Waals surface area contributed by atoms with Gasteiger partial charge < -0.3 is 15.3 Å². The number of carboxylic acid groups (broad SMARTS) is 1. The lowest BCUT2D eigenvalue weighted by Crippen LogP contribution is -2.50. The monoisotopic (exact) mass is 337 g/mol. The Morgan fingerprint density at radius 3 is 2.68 bits per heavy atom. The molecule has 1 fully saturated rings. The summed E-state index contributed by atoms with van der Waals surface area (Å²) in [6.45, 7) is 4.06. The van der Waals surface area contributed by atoms with Crippen molar-refractivity contribution in [1.29, 1.82) is 0 Å². The Labute approximate surface area is 147 Å². The summed E-state index contributed by atoms with van der Waals surface area (Å²) < 4.78 is 0. The van der Waals surface area contributed by atoms with Crippen LogP contribution in [0, 0.1) is 0 Å². The Hall–Kier alpha value is -2.53. The summed E-state index contributed by atoms with van der Waals surface area (Å²) in [5, 5.41) is 11.2. The lowest BCUT2D eigenvalue weighted by atomic mass is 9.96. The van der Waals surface area contributed by atoms with Crippen LogP contribution in [0.25, 0.3) is 0 Å². The summed E-state index contributed by atoms with van der Waals surface area (Å²) in [5.41, 5.74) is 5.52. The quantitative estimate of drug-likeness (QED) is 0.904. The summed E-state index contributed by atoms with van der Waals surface area (Å²) in [4.78, 5) is 15.6. The van der Waals surface area contributed by atoms with Crippen LogP contribution in [-0.2, 0) is 6.42 Å². The second kappa shape index (κ2) is 6.76. The van der Waals surface area contributed by atoms with Crippen LogP contribution >= 0.6 is 0 Å². The standard InChI is InChI=1S/C20H23N3O2/c24-20(25)21-9-10-22-11-12-23-18-8-4-2-6-16(18)13-15-5-1-3-7-17(15)19(23)14-22/h1-8,19,21H,9-14H2,(H,24,25). The van der Waals surface area contributed by atoms with E-state index in [0.29, 0.717) is 12.6 Å². The van der Waals surface area contributed by atoms with Gasteiger partial charge in [-0.3, -0.25) is 4.90 Å². The van der Waals surface area contributed by atoms with Crippen LogP contribution in [0.2, 0.25) is 0 Å². The number of fused-ring (bicyclic) bond motifs is 5. The minimum Gasteiger partial charge on any atom is -0.465 e. The lowest BCUT2D eigenvalue weighted by molar-refractivity contribution is 0.187. The molecule has 0 aromatic heterocycles. The van der Waals surface area contributed by atoms with Crippen molar-refractivity contribution in [3.63, 3.8) is 0 Å². The molecule has 0 aliphatic carbocycles. The number of anilines is 1. The van der Waals surface area contributed by atoms with Gasteiger partial charge in [-0.05, 0) is 29.2 Å². The first-order valence-corrected chi connectivity index (χ1v) is 8.84. The summed E-state index contributed by atoms with van der Waals surface area (Å²) >= 11 is 0. The molecule has 0 spiro atoms. The van der Waals surface area contributed by atoms with Crippen LogP contribution in [0.15, 0.2) is 48.5 Å². The summed E-state index contributed by atoms with van der Waals surface area (Å²) in [5.74, 6) is 0. The van der Waals surface area contributed by atoms with Gasteiger partial charge in [0.1, 0.15) is 0 Å². The number of nitrogens with one attached hydrogen (secondary N) is 1. The number of rotatable bonds is 3. The number of amides is 1. The Morgan fingerprint density at radius 2 is 1.84 bits per heavy atom. The summed E-state index contributed by atoms with van der Waals surface area (Å²) in [7, 11) is 0. The fourth-order valence-corrected chi connectivity index (χ4v) is 4.08. The molecule has 5 heteroatoms. The van der Waals surface area contributed by atoms with E-state index in [1.54, 1.807) is 0 Å². The van der Waals surface area contributed by atoms with Gasteiger partial charge in [-0.1, -0.05) is 42.5 Å². The summed E-state index contributed by atoms with van der Waals surface area (Å²) in [6.07, 6.45) is 0.0206. The van der Waals surface area contributed by atoms with Gasteiger partial charge in [0.15, 0.2) is 0 Å². The van der Waals surface area contributed by atoms with Crippen LogP contribution in [0.3, 0.4) is 0 Å². The van der Waals surface area contributed by atoms with E-state index in [0.717, 1.165) is 32.6 Å². The first-order valence-electron chi connectivity index (χ1n) is 8.84. The number of hydrogen-bond donors (Lipinski definition) is 2. The molecule has 5 nitrogen and oxygen atoms in total. The first-order chi connectivity index (χ1) is 12.2. The molecule has 1 amide bonds. The molecule has 1 atom stereocenters. The molecule has 1 saturated heterocycles. The maximum atomic E-state index is 10.7. The van der Waals surface area contributed by atoms with Gasteiger partial charge in [-0.2, -0.15) is 0 Å². The van der Waals surface area contributed by atoms with Crippen LogP contribution in [0.1, 0.15) is 22.7 Å². The average molecular weight is 337 g/mol. The van der Waals surface area contributed by atoms with E-state index in [1.807, 2.05) is 0 Å². The van der Waals surface area contributed by atoms with Crippen LogP contribution in [0.5, 0.6) is 0 Å². The van der Waals surface area contributed by atoms with Gasteiger partial charge in [0.25, 0.3) is 0 Å². The number of benzene rings is 2. The van der Waals surface area contributed by atoms with E-state index in [9.17, 15) is 4.79 Å². The number of carbonyl (C=O) groups is 1. The molecular formula is C20H23N3O2. The smallest absolute Gasteiger partial charge is 0.404 e. The maximum absolute atomic E-state index is 10.7. The maximum Gasteiger partial charge on any atom is 0.404 e. The van der Waals surface area contributed by atoms with E-state index < -0.39 is 6.09 Å². The van der Waals surface area contributed by atoms with Crippen molar-refractivity contribution < 1.29 is 9.90 Å². The molecule has 2 aliphatic rings. The second-order valence-electron chi connectivity index (χ2n) is 6.75. The lowest BCUT2D eigenvalue weighted by Gasteiger charge is -2.43. The van der Waals surface area contributed by atoms with Gasteiger partial charge in [0.05, 0.1) is 6.04 Å². The zero-order valence-corrected chi connectivity index (χ0v) is 14.2. The third-order valence-electron chi connectivity index (χ3n) is 5.26. The Kier molecular flexibility index (Phi) is 4.32. The highest BCUT2D eigenvalue weighted by molar-refractivity contribution is 5.64. The molecule has 2 aromatic rings. The highest BCUT2D eigenvalue weighted by Gasteiger charge is 2.32. The van der Waals surface area contributed by atoms with Gasteiger partial charge in [0.2, 0.25) is 0 Å². The Morgan fingerprint density at radius 1 is 1.08 bits per heavy atom. The van der Waals surface area contributed by atoms with E-state index in [2.05, 4.69) is 63.6 Å². The molecule has 2 heterocycles. The molecule has 2 aromatic carbocycles. The number of piperazine rings is 1. The SMILES string of the molecule is O=C(O)NCCN1CCN2c3ccccc3Cc3ccccc3C2C1. The van der Waals surface area contributed by atoms with E-state index in [-0.39, 0.29) is 0 Å². The van der Waals surface area contributed by atoms with Crippen molar-refractivity contribution in [3.05, 3.63) is 65.2 Å². The summed E-state index contributed by atoms with van der Waals surface area (Å²) in [6, 6.07) is 17.8. The first kappa shape index (κ1) is 16.0. The Bertz CT molecular complexity index is 777. The molecule has 2 aliphatic heterocycles. The predicted octanol–water partition coefficient (Wildman–Crippen LogP) is 2.72. The van der Waals surface area contributed by atoms with Crippen LogP contribution < -0.4 is 10.2 Å². The van der Waals surface area contributed by atoms with Crippen LogP contribution in [-0.4, -0.2) is 48.8 Å². The fraction of sp³-hybridized carbons (Fsp3) is 0.350. The third-order valence-corrected chi connectivity index (χ3v) is 5.26. The van der Waals surface area contributed by atoms with Crippen molar-refractivity contribution in [2.75, 3.05) is 37.6 Å². The minimum absolute atomic E-state index is 0.318. The van der Waals surface area contributed by atoms with Gasteiger partial charge in [-0.25, -0.2) is 4.79 Å². The third kappa shape index (κ3) is 3.20. The molecule has 25 heavy (non-hydrogen) atoms. The zero-order chi connectivity index (χ0) is 17.2. The molecule has 1 unspecified atom stereocenters. The van der Waals surface area contributed by atoms with Crippen molar-refractivity contribution >= 4 is 11.8 Å². The molecule has 4 rings (SSSR count). The molecule has 0 bridgehead atoms. The van der Waals surface area contributed by atoms with Crippen LogP contribution in [0.4, 0.5) is 10.5 Å². The normalized spacial score (nSPS) is 19.4. The zero-order valence-electron chi connectivity index (χ0n) is 14.2. The topological polar surface area (TPSA) is 55.8 Å². The van der Waals surface area contributed by atoms with Crippen molar-refractivity contribution in [1.82, 2.24) is 10.2 Å². The largest absolute Gasteiger partial charge is 0.465 e. The molecule has 130 valence electrons. The molecule has 0 radical (unpaired) electrons. The molecule has 2 N–H and O–H groups in total. The molecule has 0 saturated carbocycles. The highest BCUT2D eigenvalue weighted by Crippen LogP contribution is 2.38. The predicted molar refractivity (Wildman–Crippen MR) is 98.2 cm³/mol. The van der Waals surface area contributed by atoms with Crippen molar-refractivity contribution in [2.24, 2.45) is 0 Å².